The molecular weight excluding hydrogens is 212 g/mol. The van der Waals surface area contributed by atoms with E-state index >= 15 is 0 Å². The molecule has 3 nitrogen and oxygen atoms in total. The lowest BCUT2D eigenvalue weighted by atomic mass is 9.96. The second-order valence-corrected chi connectivity index (χ2v) is 4.64. The molecule has 0 spiro atoms. The van der Waals surface area contributed by atoms with Gasteiger partial charge in [-0.25, -0.2) is 0 Å². The van der Waals surface area contributed by atoms with Crippen LogP contribution in [0.1, 0.15) is 25.0 Å². The molecule has 0 aliphatic heterocycles. The average molecular weight is 230 g/mol. The summed E-state index contributed by atoms with van der Waals surface area (Å²) in [7, 11) is 0. The molecule has 1 amide bonds. The van der Waals surface area contributed by atoms with Crippen LogP contribution in [0.15, 0.2) is 18.2 Å². The van der Waals surface area contributed by atoms with Crippen LogP contribution in [-0.4, -0.2) is 5.91 Å². The number of carbonyl (C=O) groups is 1. The van der Waals surface area contributed by atoms with Gasteiger partial charge in [-0.3, -0.25) is 4.79 Å². The first-order valence-corrected chi connectivity index (χ1v) is 5.73. The van der Waals surface area contributed by atoms with Gasteiger partial charge in [0.05, 0.1) is 6.07 Å². The zero-order valence-corrected chi connectivity index (χ0v) is 10.7. The summed E-state index contributed by atoms with van der Waals surface area (Å²) in [5.41, 5.74) is 3.06. The molecule has 0 aliphatic carbocycles. The van der Waals surface area contributed by atoms with E-state index in [1.54, 1.807) is 0 Å². The number of nitriles is 1. The summed E-state index contributed by atoms with van der Waals surface area (Å²) in [6.07, 6.45) is 0. The molecule has 0 heterocycles. The van der Waals surface area contributed by atoms with Gasteiger partial charge >= 0.3 is 0 Å². The monoisotopic (exact) mass is 230 g/mol. The molecule has 1 atom stereocenters. The molecule has 0 aromatic heterocycles. The number of benzene rings is 1. The number of rotatable bonds is 3. The van der Waals surface area contributed by atoms with Crippen molar-refractivity contribution in [1.82, 2.24) is 0 Å². The molecule has 1 aromatic rings. The summed E-state index contributed by atoms with van der Waals surface area (Å²) in [5.74, 6) is -0.811. The third-order valence-corrected chi connectivity index (χ3v) is 2.86. The second-order valence-electron chi connectivity index (χ2n) is 4.64. The van der Waals surface area contributed by atoms with E-state index in [0.29, 0.717) is 0 Å². The molecule has 0 fully saturated rings. The number of hydrogen-bond acceptors (Lipinski definition) is 2. The van der Waals surface area contributed by atoms with Crippen LogP contribution in [0.25, 0.3) is 0 Å². The van der Waals surface area contributed by atoms with Gasteiger partial charge in [0, 0.05) is 5.69 Å². The lowest BCUT2D eigenvalue weighted by Gasteiger charge is -2.13. The molecule has 0 aliphatic rings. The standard InChI is InChI=1S/C14H18N2O/c1-9(2)13(8-15)14(17)16-12-6-5-10(3)11(4)7-12/h5-7,9,13H,1-4H3,(H,16,17). The number of anilines is 1. The molecule has 1 N–H and O–H groups in total. The van der Waals surface area contributed by atoms with Crippen molar-refractivity contribution in [3.63, 3.8) is 0 Å². The van der Waals surface area contributed by atoms with Crippen molar-refractivity contribution >= 4 is 11.6 Å². The first-order chi connectivity index (χ1) is 7.95. The number of aryl methyl sites for hydroxylation is 2. The molecule has 0 radical (unpaired) electrons. The average Bonchev–Trinajstić information content (AvgIpc) is 2.24. The highest BCUT2D eigenvalue weighted by molar-refractivity contribution is 5.94. The van der Waals surface area contributed by atoms with E-state index in [-0.39, 0.29) is 11.8 Å². The largest absolute Gasteiger partial charge is 0.325 e. The lowest BCUT2D eigenvalue weighted by Crippen LogP contribution is -2.25. The van der Waals surface area contributed by atoms with Crippen molar-refractivity contribution in [3.05, 3.63) is 29.3 Å². The Kier molecular flexibility index (Phi) is 4.28. The fraction of sp³-hybridized carbons (Fsp3) is 0.429. The van der Waals surface area contributed by atoms with Gasteiger partial charge < -0.3 is 5.32 Å². The highest BCUT2D eigenvalue weighted by atomic mass is 16.1. The Morgan fingerprint density at radius 3 is 2.41 bits per heavy atom. The summed E-state index contributed by atoms with van der Waals surface area (Å²) in [6.45, 7) is 7.75. The summed E-state index contributed by atoms with van der Waals surface area (Å²) >= 11 is 0. The van der Waals surface area contributed by atoms with E-state index < -0.39 is 5.92 Å². The second kappa shape index (κ2) is 5.49. The third-order valence-electron chi connectivity index (χ3n) is 2.86. The molecule has 17 heavy (non-hydrogen) atoms. The summed E-state index contributed by atoms with van der Waals surface area (Å²) in [6, 6.07) is 7.77. The van der Waals surface area contributed by atoms with Crippen LogP contribution >= 0.6 is 0 Å². The molecule has 1 aromatic carbocycles. The zero-order valence-electron chi connectivity index (χ0n) is 10.7. The first-order valence-electron chi connectivity index (χ1n) is 5.73. The molecule has 1 rings (SSSR count). The molecule has 1 unspecified atom stereocenters. The third kappa shape index (κ3) is 3.32. The molecular formula is C14H18N2O. The minimum Gasteiger partial charge on any atom is -0.325 e. The van der Waals surface area contributed by atoms with E-state index in [0.717, 1.165) is 11.3 Å². The minimum atomic E-state index is -0.600. The molecule has 0 saturated carbocycles. The molecule has 0 saturated heterocycles. The smallest absolute Gasteiger partial charge is 0.241 e. The van der Waals surface area contributed by atoms with Gasteiger partial charge in [0.2, 0.25) is 5.91 Å². The van der Waals surface area contributed by atoms with E-state index in [1.807, 2.05) is 52.0 Å². The van der Waals surface area contributed by atoms with E-state index in [1.165, 1.54) is 5.56 Å². The fourth-order valence-corrected chi connectivity index (χ4v) is 1.55. The predicted octanol–water partition coefficient (Wildman–Crippen LogP) is 3.04. The van der Waals surface area contributed by atoms with Crippen molar-refractivity contribution in [2.45, 2.75) is 27.7 Å². The SMILES string of the molecule is Cc1ccc(NC(=O)C(C#N)C(C)C)cc1C. The summed E-state index contributed by atoms with van der Waals surface area (Å²) < 4.78 is 0. The van der Waals surface area contributed by atoms with Gasteiger partial charge in [-0.15, -0.1) is 0 Å². The Morgan fingerprint density at radius 1 is 1.29 bits per heavy atom. The fourth-order valence-electron chi connectivity index (χ4n) is 1.55. The Balaban J connectivity index is 2.81. The predicted molar refractivity (Wildman–Crippen MR) is 68.5 cm³/mol. The molecule has 0 bridgehead atoms. The van der Waals surface area contributed by atoms with E-state index in [2.05, 4.69) is 5.32 Å². The van der Waals surface area contributed by atoms with Gasteiger partial charge in [0.1, 0.15) is 5.92 Å². The Bertz CT molecular complexity index is 458. The maximum absolute atomic E-state index is 11.8. The van der Waals surface area contributed by atoms with Crippen LogP contribution in [0.2, 0.25) is 0 Å². The van der Waals surface area contributed by atoms with Crippen LogP contribution in [0.4, 0.5) is 5.69 Å². The summed E-state index contributed by atoms with van der Waals surface area (Å²) in [4.78, 5) is 11.8. The molecule has 3 heteroatoms. The zero-order chi connectivity index (χ0) is 13.0. The van der Waals surface area contributed by atoms with Crippen molar-refractivity contribution in [2.75, 3.05) is 5.32 Å². The summed E-state index contributed by atoms with van der Waals surface area (Å²) in [5, 5.41) is 11.7. The van der Waals surface area contributed by atoms with E-state index in [4.69, 9.17) is 5.26 Å². The van der Waals surface area contributed by atoms with Crippen LogP contribution in [0, 0.1) is 37.0 Å². The quantitative estimate of drug-likeness (QED) is 0.867. The first kappa shape index (κ1) is 13.2. The van der Waals surface area contributed by atoms with Crippen molar-refractivity contribution in [3.8, 4) is 6.07 Å². The van der Waals surface area contributed by atoms with Crippen molar-refractivity contribution < 1.29 is 4.79 Å². The highest BCUT2D eigenvalue weighted by Gasteiger charge is 2.21. The van der Waals surface area contributed by atoms with Gasteiger partial charge in [0.25, 0.3) is 0 Å². The maximum atomic E-state index is 11.8. The van der Waals surface area contributed by atoms with Crippen LogP contribution < -0.4 is 5.32 Å². The van der Waals surface area contributed by atoms with Crippen LogP contribution in [0.3, 0.4) is 0 Å². The van der Waals surface area contributed by atoms with Gasteiger partial charge in [-0.2, -0.15) is 5.26 Å². The Hall–Kier alpha value is -1.82. The van der Waals surface area contributed by atoms with Crippen LogP contribution in [-0.2, 0) is 4.79 Å². The van der Waals surface area contributed by atoms with Crippen molar-refractivity contribution in [1.29, 1.82) is 5.26 Å². The van der Waals surface area contributed by atoms with E-state index in [9.17, 15) is 4.79 Å². The van der Waals surface area contributed by atoms with Crippen molar-refractivity contribution in [2.24, 2.45) is 11.8 Å². The number of nitrogens with one attached hydrogen (secondary N) is 1. The Labute approximate surface area is 102 Å². The lowest BCUT2D eigenvalue weighted by molar-refractivity contribution is -0.119. The minimum absolute atomic E-state index is 0.0199. The number of carbonyl (C=O) groups excluding carboxylic acids is 1. The highest BCUT2D eigenvalue weighted by Crippen LogP contribution is 2.17. The topological polar surface area (TPSA) is 52.9 Å². The van der Waals surface area contributed by atoms with Gasteiger partial charge in [-0.05, 0) is 43.0 Å². The van der Waals surface area contributed by atoms with Crippen LogP contribution in [0.5, 0.6) is 0 Å². The van der Waals surface area contributed by atoms with Gasteiger partial charge in [0.15, 0.2) is 0 Å². The number of hydrogen-bond donors (Lipinski definition) is 1. The normalized spacial score (nSPS) is 12.0. The maximum Gasteiger partial charge on any atom is 0.241 e. The number of nitrogens with zero attached hydrogens (tertiary/aromatic N) is 1. The number of amides is 1. The molecule has 90 valence electrons. The van der Waals surface area contributed by atoms with Gasteiger partial charge in [-0.1, -0.05) is 19.9 Å². The Morgan fingerprint density at radius 2 is 1.94 bits per heavy atom.